The molecular formula is C19H22N4O2. The Kier molecular flexibility index (Phi) is 4.61. The highest BCUT2D eigenvalue weighted by Crippen LogP contribution is 2.26. The highest BCUT2D eigenvalue weighted by molar-refractivity contribution is 5.80. The number of piperidine rings is 1. The average Bonchev–Trinajstić information content (AvgIpc) is 3.17. The quantitative estimate of drug-likeness (QED) is 0.710. The molecule has 0 saturated carbocycles. The van der Waals surface area contributed by atoms with Crippen LogP contribution >= 0.6 is 0 Å². The van der Waals surface area contributed by atoms with Crippen LogP contribution in [0.1, 0.15) is 37.2 Å². The van der Waals surface area contributed by atoms with Gasteiger partial charge in [0.15, 0.2) is 5.82 Å². The van der Waals surface area contributed by atoms with Crippen molar-refractivity contribution in [2.45, 2.75) is 32.2 Å². The van der Waals surface area contributed by atoms with Gasteiger partial charge in [-0.25, -0.2) is 0 Å². The Hall–Kier alpha value is -2.47. The Bertz CT molecular complexity index is 835. The number of benzene rings is 1. The number of pyridine rings is 1. The number of hydrogen-bond acceptors (Lipinski definition) is 6. The zero-order valence-corrected chi connectivity index (χ0v) is 14.4. The van der Waals surface area contributed by atoms with E-state index in [9.17, 15) is 0 Å². The minimum atomic E-state index is 0.349. The van der Waals surface area contributed by atoms with E-state index in [-0.39, 0.29) is 0 Å². The monoisotopic (exact) mass is 338 g/mol. The van der Waals surface area contributed by atoms with Crippen molar-refractivity contribution in [3.05, 3.63) is 48.2 Å². The van der Waals surface area contributed by atoms with Crippen molar-refractivity contribution in [2.24, 2.45) is 0 Å². The molecule has 1 aromatic carbocycles. The minimum Gasteiger partial charge on any atom is -0.494 e. The minimum absolute atomic E-state index is 0.349. The van der Waals surface area contributed by atoms with Gasteiger partial charge in [-0.1, -0.05) is 11.2 Å². The Morgan fingerprint density at radius 1 is 1.28 bits per heavy atom. The van der Waals surface area contributed by atoms with Crippen molar-refractivity contribution in [2.75, 3.05) is 19.7 Å². The fourth-order valence-corrected chi connectivity index (χ4v) is 3.49. The number of fused-ring (bicyclic) bond motifs is 1. The van der Waals surface area contributed by atoms with E-state index in [4.69, 9.17) is 14.2 Å². The summed E-state index contributed by atoms with van der Waals surface area (Å²) < 4.78 is 10.5. The molecule has 4 rings (SSSR count). The molecule has 1 atom stereocenters. The number of ether oxygens (including phenoxy) is 1. The molecule has 3 aromatic rings. The van der Waals surface area contributed by atoms with Crippen molar-refractivity contribution in [1.29, 1.82) is 0 Å². The van der Waals surface area contributed by atoms with E-state index in [0.29, 0.717) is 12.5 Å². The predicted octanol–water partition coefficient (Wildman–Crippen LogP) is 3.40. The van der Waals surface area contributed by atoms with Crippen LogP contribution in [0, 0.1) is 0 Å². The third-order valence-corrected chi connectivity index (χ3v) is 4.66. The summed E-state index contributed by atoms with van der Waals surface area (Å²) in [7, 11) is 0. The Balaban J connectivity index is 1.47. The largest absolute Gasteiger partial charge is 0.494 e. The highest BCUT2D eigenvalue weighted by atomic mass is 16.5. The standard InChI is InChI=1S/C19H22N4O2/c1-2-24-17-7-8-18-14(10-17)5-6-16(21-18)12-23-9-3-4-15(11-23)19-20-13-25-22-19/h5-8,10,13,15H,2-4,9,11-12H2,1H3/t15-/m0/s1. The lowest BCUT2D eigenvalue weighted by atomic mass is 9.97. The zero-order chi connectivity index (χ0) is 17.1. The molecule has 25 heavy (non-hydrogen) atoms. The molecule has 0 radical (unpaired) electrons. The van der Waals surface area contributed by atoms with E-state index >= 15 is 0 Å². The predicted molar refractivity (Wildman–Crippen MR) is 94.5 cm³/mol. The van der Waals surface area contributed by atoms with Crippen LogP contribution in [-0.4, -0.2) is 39.7 Å². The lowest BCUT2D eigenvalue weighted by Crippen LogP contribution is -2.34. The molecule has 0 unspecified atom stereocenters. The van der Waals surface area contributed by atoms with Gasteiger partial charge in [-0.15, -0.1) is 0 Å². The molecule has 2 aromatic heterocycles. The first-order chi connectivity index (χ1) is 12.3. The Labute approximate surface area is 146 Å². The van der Waals surface area contributed by atoms with Crippen molar-refractivity contribution >= 4 is 10.9 Å². The van der Waals surface area contributed by atoms with E-state index in [1.54, 1.807) is 0 Å². The topological polar surface area (TPSA) is 64.3 Å². The van der Waals surface area contributed by atoms with Crippen LogP contribution in [0.4, 0.5) is 0 Å². The smallest absolute Gasteiger partial charge is 0.213 e. The van der Waals surface area contributed by atoms with Crippen molar-refractivity contribution in [1.82, 2.24) is 20.0 Å². The van der Waals surface area contributed by atoms with Gasteiger partial charge in [-0.3, -0.25) is 9.88 Å². The van der Waals surface area contributed by atoms with Crippen LogP contribution in [0.25, 0.3) is 10.9 Å². The van der Waals surface area contributed by atoms with Gasteiger partial charge in [-0.05, 0) is 50.6 Å². The first-order valence-corrected chi connectivity index (χ1v) is 8.83. The second-order valence-electron chi connectivity index (χ2n) is 6.45. The van der Waals surface area contributed by atoms with Crippen LogP contribution < -0.4 is 4.74 Å². The average molecular weight is 338 g/mol. The van der Waals surface area contributed by atoms with E-state index in [2.05, 4.69) is 27.2 Å². The van der Waals surface area contributed by atoms with Crippen LogP contribution in [-0.2, 0) is 6.54 Å². The maximum atomic E-state index is 5.56. The van der Waals surface area contributed by atoms with Crippen LogP contribution in [0.5, 0.6) is 5.75 Å². The molecule has 1 fully saturated rings. The third-order valence-electron chi connectivity index (χ3n) is 4.66. The summed E-state index contributed by atoms with van der Waals surface area (Å²) in [5.74, 6) is 2.06. The summed E-state index contributed by atoms with van der Waals surface area (Å²) in [5, 5.41) is 5.11. The molecule has 1 saturated heterocycles. The summed E-state index contributed by atoms with van der Waals surface area (Å²) in [6.45, 7) is 5.54. The van der Waals surface area contributed by atoms with Gasteiger partial charge < -0.3 is 9.26 Å². The van der Waals surface area contributed by atoms with E-state index in [1.165, 1.54) is 6.39 Å². The molecule has 0 aliphatic carbocycles. The normalized spacial score (nSPS) is 18.5. The van der Waals surface area contributed by atoms with E-state index < -0.39 is 0 Å². The van der Waals surface area contributed by atoms with E-state index in [1.807, 2.05) is 25.1 Å². The van der Waals surface area contributed by atoms with Gasteiger partial charge in [0.25, 0.3) is 0 Å². The number of likely N-dealkylation sites (tertiary alicyclic amines) is 1. The van der Waals surface area contributed by atoms with Crippen LogP contribution in [0.3, 0.4) is 0 Å². The number of aromatic nitrogens is 3. The first kappa shape index (κ1) is 16.0. The highest BCUT2D eigenvalue weighted by Gasteiger charge is 2.24. The Morgan fingerprint density at radius 2 is 2.24 bits per heavy atom. The number of rotatable bonds is 5. The molecule has 130 valence electrons. The molecule has 0 bridgehead atoms. The SMILES string of the molecule is CCOc1ccc2nc(CN3CCC[C@H](c4ncon4)C3)ccc2c1. The second-order valence-corrected chi connectivity index (χ2v) is 6.45. The molecule has 1 aliphatic heterocycles. The molecule has 3 heterocycles. The summed E-state index contributed by atoms with van der Waals surface area (Å²) in [5.41, 5.74) is 2.10. The van der Waals surface area contributed by atoms with Gasteiger partial charge in [0.2, 0.25) is 6.39 Å². The van der Waals surface area contributed by atoms with Gasteiger partial charge in [0, 0.05) is 24.4 Å². The summed E-state index contributed by atoms with van der Waals surface area (Å²) in [4.78, 5) is 11.4. The maximum Gasteiger partial charge on any atom is 0.213 e. The fourth-order valence-electron chi connectivity index (χ4n) is 3.49. The number of hydrogen-bond donors (Lipinski definition) is 0. The van der Waals surface area contributed by atoms with Crippen LogP contribution in [0.15, 0.2) is 41.2 Å². The molecule has 1 aliphatic rings. The summed E-state index contributed by atoms with van der Waals surface area (Å²) in [6, 6.07) is 10.3. The maximum absolute atomic E-state index is 5.56. The zero-order valence-electron chi connectivity index (χ0n) is 14.4. The summed E-state index contributed by atoms with van der Waals surface area (Å²) >= 11 is 0. The third kappa shape index (κ3) is 3.64. The lowest BCUT2D eigenvalue weighted by molar-refractivity contribution is 0.193. The van der Waals surface area contributed by atoms with Crippen molar-refractivity contribution < 1.29 is 9.26 Å². The van der Waals surface area contributed by atoms with Crippen molar-refractivity contribution in [3.63, 3.8) is 0 Å². The first-order valence-electron chi connectivity index (χ1n) is 8.83. The Morgan fingerprint density at radius 3 is 3.08 bits per heavy atom. The molecule has 6 nitrogen and oxygen atoms in total. The lowest BCUT2D eigenvalue weighted by Gasteiger charge is -2.30. The molecule has 0 spiro atoms. The van der Waals surface area contributed by atoms with Gasteiger partial charge >= 0.3 is 0 Å². The molecule has 6 heteroatoms. The van der Waals surface area contributed by atoms with Crippen LogP contribution in [0.2, 0.25) is 0 Å². The van der Waals surface area contributed by atoms with Gasteiger partial charge in [0.1, 0.15) is 5.75 Å². The van der Waals surface area contributed by atoms with Crippen molar-refractivity contribution in [3.8, 4) is 5.75 Å². The van der Waals surface area contributed by atoms with Gasteiger partial charge in [-0.2, -0.15) is 4.98 Å². The van der Waals surface area contributed by atoms with E-state index in [0.717, 1.165) is 60.6 Å². The molecule has 0 amide bonds. The number of nitrogens with zero attached hydrogens (tertiary/aromatic N) is 4. The summed E-state index contributed by atoms with van der Waals surface area (Å²) in [6.07, 6.45) is 3.67. The molecular weight excluding hydrogens is 316 g/mol. The second kappa shape index (κ2) is 7.19. The van der Waals surface area contributed by atoms with Gasteiger partial charge in [0.05, 0.1) is 17.8 Å². The fraction of sp³-hybridized carbons (Fsp3) is 0.421. The molecule has 0 N–H and O–H groups in total.